The molecule has 0 fully saturated rings. The SMILES string of the molecule is O=C(O)c1cccc(C2(Cl)C=CC=CC2Cl)c1C(=O)O. The van der Waals surface area contributed by atoms with Crippen LogP contribution < -0.4 is 0 Å². The predicted octanol–water partition coefficient (Wildman–Crippen LogP) is 3.25. The molecule has 0 saturated heterocycles. The van der Waals surface area contributed by atoms with Gasteiger partial charge in [-0.1, -0.05) is 36.4 Å². The number of carbonyl (C=O) groups is 2. The molecule has 0 radical (unpaired) electrons. The number of halogens is 2. The summed E-state index contributed by atoms with van der Waals surface area (Å²) in [7, 11) is 0. The lowest BCUT2D eigenvalue weighted by Gasteiger charge is -2.30. The van der Waals surface area contributed by atoms with E-state index in [9.17, 15) is 14.7 Å². The normalized spacial score (nSPS) is 24.6. The zero-order valence-electron chi connectivity index (χ0n) is 10.1. The zero-order valence-corrected chi connectivity index (χ0v) is 11.6. The highest BCUT2D eigenvalue weighted by atomic mass is 35.5. The Bertz CT molecular complexity index is 636. The molecule has 0 heterocycles. The number of alkyl halides is 2. The summed E-state index contributed by atoms with van der Waals surface area (Å²) in [5, 5.41) is 17.8. The van der Waals surface area contributed by atoms with Crippen LogP contribution in [0.2, 0.25) is 0 Å². The number of aromatic carboxylic acids is 2. The third-order valence-electron chi connectivity index (χ3n) is 3.05. The van der Waals surface area contributed by atoms with Gasteiger partial charge in [-0.3, -0.25) is 0 Å². The van der Waals surface area contributed by atoms with Crippen LogP contribution >= 0.6 is 23.2 Å². The number of hydrogen-bond acceptors (Lipinski definition) is 2. The second-order valence-corrected chi connectivity index (χ2v) is 5.35. The maximum atomic E-state index is 11.4. The molecule has 2 N–H and O–H groups in total. The van der Waals surface area contributed by atoms with E-state index >= 15 is 0 Å². The van der Waals surface area contributed by atoms with Gasteiger partial charge in [-0.15, -0.1) is 23.2 Å². The van der Waals surface area contributed by atoms with Crippen molar-refractivity contribution < 1.29 is 19.8 Å². The minimum Gasteiger partial charge on any atom is -0.478 e. The Balaban J connectivity index is 2.72. The molecular weight excluding hydrogens is 303 g/mol. The monoisotopic (exact) mass is 312 g/mol. The number of benzene rings is 1. The molecule has 6 heteroatoms. The van der Waals surface area contributed by atoms with Crippen LogP contribution in [0, 0.1) is 0 Å². The summed E-state index contributed by atoms with van der Waals surface area (Å²) in [4.78, 5) is 21.3. The van der Waals surface area contributed by atoms with Gasteiger partial charge in [-0.2, -0.15) is 0 Å². The summed E-state index contributed by atoms with van der Waals surface area (Å²) in [5.74, 6) is -2.68. The van der Waals surface area contributed by atoms with E-state index in [0.717, 1.165) is 0 Å². The zero-order chi connectivity index (χ0) is 14.9. The highest BCUT2D eigenvalue weighted by Gasteiger charge is 2.39. The Morgan fingerprint density at radius 3 is 2.40 bits per heavy atom. The van der Waals surface area contributed by atoms with Gasteiger partial charge in [0.1, 0.15) is 4.87 Å². The Labute approximate surface area is 124 Å². The van der Waals surface area contributed by atoms with Gasteiger partial charge in [0.25, 0.3) is 0 Å². The summed E-state index contributed by atoms with van der Waals surface area (Å²) in [6, 6.07) is 4.15. The van der Waals surface area contributed by atoms with E-state index in [0.29, 0.717) is 0 Å². The molecule has 0 aromatic heterocycles. The summed E-state index contributed by atoms with van der Waals surface area (Å²) in [5.41, 5.74) is -0.505. The van der Waals surface area contributed by atoms with Gasteiger partial charge in [0.2, 0.25) is 0 Å². The lowest BCUT2D eigenvalue weighted by Crippen LogP contribution is -2.31. The smallest absolute Gasteiger partial charge is 0.336 e. The predicted molar refractivity (Wildman–Crippen MR) is 75.8 cm³/mol. The van der Waals surface area contributed by atoms with Crippen LogP contribution in [0.3, 0.4) is 0 Å². The fraction of sp³-hybridized carbons (Fsp3) is 0.143. The molecule has 0 amide bonds. The molecular formula is C14H10Cl2O4. The van der Waals surface area contributed by atoms with Crippen molar-refractivity contribution in [3.05, 3.63) is 59.2 Å². The van der Waals surface area contributed by atoms with Crippen molar-refractivity contribution in [3.8, 4) is 0 Å². The first-order valence-electron chi connectivity index (χ1n) is 5.67. The van der Waals surface area contributed by atoms with E-state index in [1.54, 1.807) is 24.3 Å². The Morgan fingerprint density at radius 1 is 1.15 bits per heavy atom. The van der Waals surface area contributed by atoms with E-state index in [4.69, 9.17) is 28.3 Å². The van der Waals surface area contributed by atoms with Gasteiger partial charge in [-0.25, -0.2) is 9.59 Å². The molecule has 0 saturated carbocycles. The van der Waals surface area contributed by atoms with Crippen LogP contribution in [0.4, 0.5) is 0 Å². The number of rotatable bonds is 3. The average molecular weight is 313 g/mol. The van der Waals surface area contributed by atoms with Crippen molar-refractivity contribution in [3.63, 3.8) is 0 Å². The van der Waals surface area contributed by atoms with Gasteiger partial charge in [-0.05, 0) is 11.6 Å². The first-order chi connectivity index (χ1) is 9.38. The molecule has 1 aromatic rings. The molecule has 2 rings (SSSR count). The topological polar surface area (TPSA) is 74.6 Å². The van der Waals surface area contributed by atoms with E-state index in [-0.39, 0.29) is 16.7 Å². The van der Waals surface area contributed by atoms with Gasteiger partial charge in [0.05, 0.1) is 16.5 Å². The minimum atomic E-state index is -1.36. The summed E-state index contributed by atoms with van der Waals surface area (Å²) in [6.45, 7) is 0. The van der Waals surface area contributed by atoms with Gasteiger partial charge in [0.15, 0.2) is 0 Å². The van der Waals surface area contributed by atoms with Crippen molar-refractivity contribution in [2.24, 2.45) is 0 Å². The quantitative estimate of drug-likeness (QED) is 0.840. The molecule has 0 spiro atoms. The van der Waals surface area contributed by atoms with Gasteiger partial charge in [0, 0.05) is 0 Å². The number of carboxylic acid groups (broad SMARTS) is 2. The highest BCUT2D eigenvalue weighted by molar-refractivity contribution is 6.35. The third kappa shape index (κ3) is 2.32. The maximum absolute atomic E-state index is 11.4. The molecule has 20 heavy (non-hydrogen) atoms. The minimum absolute atomic E-state index is 0.159. The third-order valence-corrected chi connectivity index (χ3v) is 4.22. The number of hydrogen-bond donors (Lipinski definition) is 2. The van der Waals surface area contributed by atoms with E-state index in [2.05, 4.69) is 0 Å². The number of carboxylic acids is 2. The fourth-order valence-corrected chi connectivity index (χ4v) is 2.69. The molecule has 1 aliphatic rings. The molecule has 104 valence electrons. The van der Waals surface area contributed by atoms with E-state index < -0.39 is 22.2 Å². The van der Waals surface area contributed by atoms with E-state index in [1.165, 1.54) is 18.2 Å². The summed E-state index contributed by atoms with van der Waals surface area (Å²) >= 11 is 12.6. The van der Waals surface area contributed by atoms with Crippen LogP contribution in [0.15, 0.2) is 42.5 Å². The van der Waals surface area contributed by atoms with Gasteiger partial charge < -0.3 is 10.2 Å². The largest absolute Gasteiger partial charge is 0.478 e. The van der Waals surface area contributed by atoms with Crippen molar-refractivity contribution >= 4 is 35.1 Å². The second kappa shape index (κ2) is 5.31. The molecule has 1 aliphatic carbocycles. The standard InChI is InChI=1S/C14H10Cl2O4/c15-10-6-1-2-7-14(10,16)9-5-3-4-8(12(17)18)11(9)13(19)20/h1-7,10H,(H,17,18)(H,19,20). The van der Waals surface area contributed by atoms with Crippen molar-refractivity contribution in [2.75, 3.05) is 0 Å². The second-order valence-electron chi connectivity index (χ2n) is 4.25. The first-order valence-corrected chi connectivity index (χ1v) is 6.48. The van der Waals surface area contributed by atoms with Crippen LogP contribution in [0.5, 0.6) is 0 Å². The van der Waals surface area contributed by atoms with Crippen molar-refractivity contribution in [1.29, 1.82) is 0 Å². The Hall–Kier alpha value is -1.78. The Morgan fingerprint density at radius 2 is 1.85 bits per heavy atom. The van der Waals surface area contributed by atoms with E-state index in [1.807, 2.05) is 0 Å². The lowest BCUT2D eigenvalue weighted by molar-refractivity contribution is 0.0650. The molecule has 1 aromatic carbocycles. The molecule has 0 aliphatic heterocycles. The molecule has 4 nitrogen and oxygen atoms in total. The average Bonchev–Trinajstić information content (AvgIpc) is 2.41. The lowest BCUT2D eigenvalue weighted by atomic mass is 9.86. The van der Waals surface area contributed by atoms with Gasteiger partial charge >= 0.3 is 11.9 Å². The van der Waals surface area contributed by atoms with Crippen molar-refractivity contribution in [1.82, 2.24) is 0 Å². The highest BCUT2D eigenvalue weighted by Crippen LogP contribution is 2.42. The van der Waals surface area contributed by atoms with Crippen LogP contribution in [-0.2, 0) is 4.87 Å². The summed E-state index contributed by atoms with van der Waals surface area (Å²) in [6.07, 6.45) is 6.51. The maximum Gasteiger partial charge on any atom is 0.336 e. The first kappa shape index (κ1) is 14.6. The van der Waals surface area contributed by atoms with Crippen LogP contribution in [0.25, 0.3) is 0 Å². The van der Waals surface area contributed by atoms with Crippen LogP contribution in [-0.4, -0.2) is 27.5 Å². The Kier molecular flexibility index (Phi) is 3.88. The molecule has 2 atom stereocenters. The summed E-state index contributed by atoms with van der Waals surface area (Å²) < 4.78 is 0. The molecule has 0 bridgehead atoms. The molecule has 2 unspecified atom stereocenters. The van der Waals surface area contributed by atoms with Crippen LogP contribution in [0.1, 0.15) is 26.3 Å². The van der Waals surface area contributed by atoms with Crippen molar-refractivity contribution in [2.45, 2.75) is 10.3 Å². The number of allylic oxidation sites excluding steroid dienone is 4. The fourth-order valence-electron chi connectivity index (χ4n) is 2.11.